The molecule has 1 aliphatic heterocycles. The van der Waals surface area contributed by atoms with Crippen LogP contribution in [-0.2, 0) is 6.54 Å². The van der Waals surface area contributed by atoms with Gasteiger partial charge in [-0.3, -0.25) is 4.90 Å². The van der Waals surface area contributed by atoms with E-state index in [1.807, 2.05) is 4.90 Å². The first-order valence-electron chi connectivity index (χ1n) is 5.48. The first-order chi connectivity index (χ1) is 8.15. The van der Waals surface area contributed by atoms with Gasteiger partial charge in [-0.25, -0.2) is 9.37 Å². The molecule has 2 heterocycles. The fourth-order valence-corrected chi connectivity index (χ4v) is 1.92. The third-order valence-electron chi connectivity index (χ3n) is 2.68. The topological polar surface area (TPSA) is 65.8 Å². The van der Waals surface area contributed by atoms with Crippen LogP contribution in [0.3, 0.4) is 0 Å². The minimum Gasteiger partial charge on any atom is -0.497 e. The third-order valence-corrected chi connectivity index (χ3v) is 2.68. The molecule has 0 aromatic carbocycles. The van der Waals surface area contributed by atoms with Crippen LogP contribution in [0.4, 0.5) is 4.39 Å². The normalized spacial score (nSPS) is 20.5. The quantitative estimate of drug-likeness (QED) is 0.723. The van der Waals surface area contributed by atoms with Crippen molar-refractivity contribution < 1.29 is 19.1 Å². The minimum absolute atomic E-state index is 0.171. The number of pyridine rings is 1. The summed E-state index contributed by atoms with van der Waals surface area (Å²) in [6, 6.07) is 3.51. The molecule has 1 aromatic heterocycles. The van der Waals surface area contributed by atoms with E-state index in [9.17, 15) is 4.39 Å². The molecule has 0 aliphatic carbocycles. The summed E-state index contributed by atoms with van der Waals surface area (Å²) in [4.78, 5) is 5.86. The van der Waals surface area contributed by atoms with Gasteiger partial charge in [0.2, 0.25) is 5.88 Å². The summed E-state index contributed by atoms with van der Waals surface area (Å²) in [5.41, 5.74) is 0.717. The van der Waals surface area contributed by atoms with E-state index >= 15 is 0 Å². The van der Waals surface area contributed by atoms with Crippen molar-refractivity contribution >= 4 is 7.32 Å². The molecule has 1 aromatic rings. The molecular formula is C10H14BFN2O3. The van der Waals surface area contributed by atoms with Crippen molar-refractivity contribution in [1.82, 2.24) is 9.88 Å². The second-order valence-corrected chi connectivity index (χ2v) is 4.03. The lowest BCUT2D eigenvalue weighted by Gasteiger charge is -2.16. The summed E-state index contributed by atoms with van der Waals surface area (Å²) >= 11 is 0. The van der Waals surface area contributed by atoms with Gasteiger partial charge in [0.1, 0.15) is 6.17 Å². The molecule has 17 heavy (non-hydrogen) atoms. The van der Waals surface area contributed by atoms with E-state index in [4.69, 9.17) is 14.7 Å². The third kappa shape index (κ3) is 3.39. The van der Waals surface area contributed by atoms with Crippen LogP contribution in [0, 0.1) is 0 Å². The van der Waals surface area contributed by atoms with Gasteiger partial charge in [0, 0.05) is 31.4 Å². The molecule has 5 nitrogen and oxygen atoms in total. The molecule has 2 N–H and O–H groups in total. The van der Waals surface area contributed by atoms with Gasteiger partial charge in [0.25, 0.3) is 0 Å². The van der Waals surface area contributed by atoms with Crippen molar-refractivity contribution in [3.05, 3.63) is 23.9 Å². The molecule has 7 heteroatoms. The Bertz CT molecular complexity index is 380. The Morgan fingerprint density at radius 1 is 1.59 bits per heavy atom. The summed E-state index contributed by atoms with van der Waals surface area (Å²) in [5, 5.41) is 17.5. The summed E-state index contributed by atoms with van der Waals surface area (Å²) < 4.78 is 17.8. The number of nitrogens with zero attached hydrogens (tertiary/aromatic N) is 2. The average molecular weight is 240 g/mol. The highest BCUT2D eigenvalue weighted by Crippen LogP contribution is 2.20. The Morgan fingerprint density at radius 2 is 2.41 bits per heavy atom. The lowest BCUT2D eigenvalue weighted by atomic mass is 10.2. The van der Waals surface area contributed by atoms with Crippen molar-refractivity contribution in [3.8, 4) is 5.88 Å². The van der Waals surface area contributed by atoms with E-state index in [1.54, 1.807) is 12.1 Å². The fraction of sp³-hybridized carbons (Fsp3) is 0.500. The smallest absolute Gasteiger partial charge is 0.497 e. The molecule has 1 atom stereocenters. The SMILES string of the molecule is OB(O)Oc1ncccc1CN1CCC(F)C1. The lowest BCUT2D eigenvalue weighted by Crippen LogP contribution is -2.24. The van der Waals surface area contributed by atoms with Crippen molar-refractivity contribution in [2.45, 2.75) is 19.1 Å². The Morgan fingerprint density at radius 3 is 3.06 bits per heavy atom. The first-order valence-corrected chi connectivity index (χ1v) is 5.48. The number of hydrogen-bond acceptors (Lipinski definition) is 5. The zero-order chi connectivity index (χ0) is 12.3. The van der Waals surface area contributed by atoms with E-state index in [0.717, 1.165) is 5.56 Å². The van der Waals surface area contributed by atoms with Crippen LogP contribution in [0.2, 0.25) is 0 Å². The Balaban J connectivity index is 2.04. The molecule has 1 fully saturated rings. The number of halogens is 1. The van der Waals surface area contributed by atoms with Gasteiger partial charge in [-0.05, 0) is 12.5 Å². The van der Waals surface area contributed by atoms with E-state index in [0.29, 0.717) is 26.1 Å². The average Bonchev–Trinajstić information content (AvgIpc) is 2.66. The summed E-state index contributed by atoms with van der Waals surface area (Å²) in [7, 11) is -1.89. The van der Waals surface area contributed by atoms with Gasteiger partial charge < -0.3 is 14.7 Å². The van der Waals surface area contributed by atoms with E-state index in [2.05, 4.69) is 4.98 Å². The maximum atomic E-state index is 13.0. The minimum atomic E-state index is -1.89. The molecule has 0 amide bonds. The van der Waals surface area contributed by atoms with Crippen LogP contribution in [0.15, 0.2) is 18.3 Å². The van der Waals surface area contributed by atoms with E-state index < -0.39 is 13.5 Å². The van der Waals surface area contributed by atoms with Crippen LogP contribution >= 0.6 is 0 Å². The number of hydrogen-bond donors (Lipinski definition) is 2. The van der Waals surface area contributed by atoms with E-state index in [-0.39, 0.29) is 5.88 Å². The summed E-state index contributed by atoms with van der Waals surface area (Å²) in [6.07, 6.45) is 1.27. The largest absolute Gasteiger partial charge is 0.708 e. The van der Waals surface area contributed by atoms with Crippen molar-refractivity contribution in [3.63, 3.8) is 0 Å². The first kappa shape index (κ1) is 12.3. The highest BCUT2D eigenvalue weighted by atomic mass is 19.1. The standard InChI is InChI=1S/C10H14BFN2O3/c12-9-3-5-14(7-9)6-8-2-1-4-13-10(8)17-11(15)16/h1-2,4,9,15-16H,3,5-7H2. The van der Waals surface area contributed by atoms with Gasteiger partial charge in [-0.15, -0.1) is 0 Å². The second-order valence-electron chi connectivity index (χ2n) is 4.03. The fourth-order valence-electron chi connectivity index (χ4n) is 1.92. The maximum Gasteiger partial charge on any atom is 0.708 e. The van der Waals surface area contributed by atoms with Crippen molar-refractivity contribution in [2.75, 3.05) is 13.1 Å². The van der Waals surface area contributed by atoms with Gasteiger partial charge in [-0.2, -0.15) is 0 Å². The van der Waals surface area contributed by atoms with Gasteiger partial charge in [0.05, 0.1) is 0 Å². The van der Waals surface area contributed by atoms with Crippen LogP contribution in [0.25, 0.3) is 0 Å². The molecule has 92 valence electrons. The van der Waals surface area contributed by atoms with Crippen LogP contribution in [0.5, 0.6) is 5.88 Å². The molecule has 0 spiro atoms. The molecule has 2 rings (SSSR count). The molecule has 1 unspecified atom stereocenters. The summed E-state index contributed by atoms with van der Waals surface area (Å²) in [5.74, 6) is 0.171. The molecule has 1 aliphatic rings. The zero-order valence-electron chi connectivity index (χ0n) is 9.29. The van der Waals surface area contributed by atoms with Gasteiger partial charge in [0.15, 0.2) is 0 Å². The molecule has 0 saturated carbocycles. The van der Waals surface area contributed by atoms with Crippen LogP contribution in [0.1, 0.15) is 12.0 Å². The Kier molecular flexibility index (Phi) is 3.93. The Labute approximate surface area is 99.0 Å². The van der Waals surface area contributed by atoms with E-state index in [1.165, 1.54) is 6.20 Å². The zero-order valence-corrected chi connectivity index (χ0v) is 9.29. The maximum absolute atomic E-state index is 13.0. The van der Waals surface area contributed by atoms with Crippen molar-refractivity contribution in [1.29, 1.82) is 0 Å². The predicted octanol–water partition coefficient (Wildman–Crippen LogP) is -0.0263. The highest BCUT2D eigenvalue weighted by Gasteiger charge is 2.23. The Hall–Kier alpha value is -1.18. The molecule has 0 bridgehead atoms. The number of rotatable bonds is 4. The van der Waals surface area contributed by atoms with Gasteiger partial charge in [-0.1, -0.05) is 6.07 Å². The second kappa shape index (κ2) is 5.44. The highest BCUT2D eigenvalue weighted by molar-refractivity contribution is 6.33. The predicted molar refractivity (Wildman–Crippen MR) is 59.8 cm³/mol. The summed E-state index contributed by atoms with van der Waals surface area (Å²) in [6.45, 7) is 1.59. The van der Waals surface area contributed by atoms with Crippen molar-refractivity contribution in [2.24, 2.45) is 0 Å². The van der Waals surface area contributed by atoms with Crippen LogP contribution < -0.4 is 4.65 Å². The van der Waals surface area contributed by atoms with Crippen LogP contribution in [-0.4, -0.2) is 46.5 Å². The molecular weight excluding hydrogens is 226 g/mol. The monoisotopic (exact) mass is 240 g/mol. The molecule has 0 radical (unpaired) electrons. The lowest BCUT2D eigenvalue weighted by molar-refractivity contribution is 0.266. The number of likely N-dealkylation sites (tertiary alicyclic amines) is 1. The van der Waals surface area contributed by atoms with Gasteiger partial charge >= 0.3 is 7.32 Å². The number of alkyl halides is 1. The molecule has 1 saturated heterocycles. The number of aromatic nitrogens is 1.